The second-order valence-corrected chi connectivity index (χ2v) is 17.0. The van der Waals surface area contributed by atoms with Gasteiger partial charge in [-0.15, -0.1) is 0 Å². The van der Waals surface area contributed by atoms with E-state index in [9.17, 15) is 0 Å². The van der Waals surface area contributed by atoms with Crippen molar-refractivity contribution in [3.05, 3.63) is 234 Å². The van der Waals surface area contributed by atoms with Crippen LogP contribution in [0.25, 0.3) is 55.3 Å². The van der Waals surface area contributed by atoms with Gasteiger partial charge in [0.25, 0.3) is 0 Å². The third-order valence-electron chi connectivity index (χ3n) is 13.9. The first-order valence-corrected chi connectivity index (χ1v) is 21.8. The Hall–Kier alpha value is -6.96. The van der Waals surface area contributed by atoms with Crippen LogP contribution in [0.15, 0.2) is 206 Å². The maximum absolute atomic E-state index is 2.51. The molecule has 1 heteroatoms. The molecule has 0 heterocycles. The van der Waals surface area contributed by atoms with Crippen LogP contribution in [-0.4, -0.2) is 0 Å². The molecule has 0 aliphatic heterocycles. The predicted molar refractivity (Wildman–Crippen MR) is 252 cm³/mol. The zero-order valence-corrected chi connectivity index (χ0v) is 33.7. The minimum absolute atomic E-state index is 0.402. The molecule has 1 spiro atoms. The molecule has 0 saturated heterocycles. The molecule has 3 aliphatic carbocycles. The second-order valence-electron chi connectivity index (χ2n) is 17.0. The highest BCUT2D eigenvalue weighted by molar-refractivity contribution is 6.06. The van der Waals surface area contributed by atoms with Crippen molar-refractivity contribution in [2.45, 2.75) is 43.4 Å². The molecule has 286 valence electrons. The highest BCUT2D eigenvalue weighted by atomic mass is 15.1. The molecule has 9 aromatic rings. The molecular formula is C59H45N. The first-order chi connectivity index (χ1) is 29.8. The summed E-state index contributed by atoms with van der Waals surface area (Å²) in [5, 5.41) is 2.54. The lowest BCUT2D eigenvalue weighted by molar-refractivity contribution is 0.443. The van der Waals surface area contributed by atoms with E-state index in [4.69, 9.17) is 0 Å². The largest absolute Gasteiger partial charge is 0.310 e. The number of anilines is 3. The number of rotatable bonds is 6. The van der Waals surface area contributed by atoms with E-state index in [1.165, 1.54) is 121 Å². The van der Waals surface area contributed by atoms with Crippen molar-refractivity contribution in [1.29, 1.82) is 0 Å². The van der Waals surface area contributed by atoms with E-state index in [-0.39, 0.29) is 0 Å². The smallest absolute Gasteiger partial charge is 0.0726 e. The molecule has 0 atom stereocenters. The molecule has 60 heavy (non-hydrogen) atoms. The van der Waals surface area contributed by atoms with Gasteiger partial charge in [-0.05, 0) is 138 Å². The summed E-state index contributed by atoms with van der Waals surface area (Å²) in [4.78, 5) is 2.48. The van der Waals surface area contributed by atoms with Crippen molar-refractivity contribution in [1.82, 2.24) is 0 Å². The lowest BCUT2D eigenvalue weighted by Crippen LogP contribution is -2.26. The van der Waals surface area contributed by atoms with Crippen molar-refractivity contribution in [3.8, 4) is 44.5 Å². The number of fused-ring (bicyclic) bond motifs is 11. The lowest BCUT2D eigenvalue weighted by atomic mass is 9.70. The Morgan fingerprint density at radius 1 is 0.350 bits per heavy atom. The Morgan fingerprint density at radius 2 is 0.817 bits per heavy atom. The van der Waals surface area contributed by atoms with E-state index in [2.05, 4.69) is 211 Å². The van der Waals surface area contributed by atoms with Crippen LogP contribution >= 0.6 is 0 Å². The fourth-order valence-electron chi connectivity index (χ4n) is 11.2. The van der Waals surface area contributed by atoms with Gasteiger partial charge < -0.3 is 4.90 Å². The van der Waals surface area contributed by atoms with Crippen molar-refractivity contribution < 1.29 is 0 Å². The lowest BCUT2D eigenvalue weighted by Gasteiger charge is -2.32. The predicted octanol–water partition coefficient (Wildman–Crippen LogP) is 16.0. The first-order valence-electron chi connectivity index (χ1n) is 21.8. The normalized spacial score (nSPS) is 14.7. The topological polar surface area (TPSA) is 3.24 Å². The SMILES string of the molecule is c1ccc(-c2cccc3cccc(-c4ccc(N(c5ccc(C6CCCCC6)cc5)c5ccc6c(c5)C5(c7ccccc7-c7ccccc75)c5ccccc5-6)cc4)c23)cc1. The zero-order valence-electron chi connectivity index (χ0n) is 33.7. The Bertz CT molecular complexity index is 2990. The highest BCUT2D eigenvalue weighted by Crippen LogP contribution is 2.63. The van der Waals surface area contributed by atoms with Crippen LogP contribution < -0.4 is 4.90 Å². The van der Waals surface area contributed by atoms with Crippen molar-refractivity contribution in [2.75, 3.05) is 4.90 Å². The summed E-state index contributed by atoms with van der Waals surface area (Å²) in [6.07, 6.45) is 6.62. The van der Waals surface area contributed by atoms with Gasteiger partial charge in [0.05, 0.1) is 5.41 Å². The average molecular weight is 768 g/mol. The van der Waals surface area contributed by atoms with Crippen molar-refractivity contribution >= 4 is 27.8 Å². The highest BCUT2D eigenvalue weighted by Gasteiger charge is 2.51. The van der Waals surface area contributed by atoms with Gasteiger partial charge in [0, 0.05) is 17.1 Å². The van der Waals surface area contributed by atoms with Crippen LogP contribution in [0.1, 0.15) is 65.8 Å². The first kappa shape index (κ1) is 35.0. The fraction of sp³-hybridized carbons (Fsp3) is 0.119. The van der Waals surface area contributed by atoms with Crippen LogP contribution in [0.5, 0.6) is 0 Å². The van der Waals surface area contributed by atoms with Gasteiger partial charge in [-0.25, -0.2) is 0 Å². The summed E-state index contributed by atoms with van der Waals surface area (Å²) >= 11 is 0. The molecule has 1 saturated carbocycles. The molecule has 1 nitrogen and oxygen atoms in total. The Morgan fingerprint density at radius 3 is 1.40 bits per heavy atom. The fourth-order valence-corrected chi connectivity index (χ4v) is 11.2. The van der Waals surface area contributed by atoms with E-state index in [1.54, 1.807) is 0 Å². The summed E-state index contributed by atoms with van der Waals surface area (Å²) in [5.74, 6) is 0.655. The number of benzene rings is 9. The number of hydrogen-bond acceptors (Lipinski definition) is 1. The van der Waals surface area contributed by atoms with E-state index < -0.39 is 5.41 Å². The Kier molecular flexibility index (Phi) is 8.23. The van der Waals surface area contributed by atoms with Crippen LogP contribution in [-0.2, 0) is 5.41 Å². The summed E-state index contributed by atoms with van der Waals surface area (Å²) < 4.78 is 0. The minimum Gasteiger partial charge on any atom is -0.310 e. The van der Waals surface area contributed by atoms with Crippen molar-refractivity contribution in [2.24, 2.45) is 0 Å². The van der Waals surface area contributed by atoms with Crippen molar-refractivity contribution in [3.63, 3.8) is 0 Å². The standard InChI is InChI=1S/C59H45N/c1-3-15-40(16-4-1)41-29-33-45(34-30-41)60(46-35-31-43(32-36-46)49-25-14-20-44-19-13-24-48(58(44)49)42-17-5-2-6-18-42)47-37-38-53-52-23-9-12-28-56(52)59(57(53)39-47)54-26-10-7-21-50(54)51-22-8-11-27-55(51)59/h2,5-14,17-40H,1,3-4,15-16H2. The van der Waals surface area contributed by atoms with E-state index in [1.807, 2.05) is 0 Å². The maximum Gasteiger partial charge on any atom is 0.0726 e. The number of hydrogen-bond donors (Lipinski definition) is 0. The summed E-state index contributed by atoms with van der Waals surface area (Å²) in [6.45, 7) is 0. The zero-order chi connectivity index (χ0) is 39.6. The molecule has 0 bridgehead atoms. The third kappa shape index (κ3) is 5.32. The van der Waals surface area contributed by atoms with Gasteiger partial charge in [0.2, 0.25) is 0 Å². The molecule has 3 aliphatic rings. The molecule has 12 rings (SSSR count). The van der Waals surface area contributed by atoms with Gasteiger partial charge in [-0.1, -0.05) is 189 Å². The summed E-state index contributed by atoms with van der Waals surface area (Å²) in [6, 6.07) is 77.5. The van der Waals surface area contributed by atoms with Gasteiger partial charge in [-0.2, -0.15) is 0 Å². The molecular weight excluding hydrogens is 723 g/mol. The second kappa shape index (κ2) is 14.1. The van der Waals surface area contributed by atoms with Gasteiger partial charge in [0.15, 0.2) is 0 Å². The van der Waals surface area contributed by atoms with Crippen LogP contribution in [0.2, 0.25) is 0 Å². The molecule has 0 unspecified atom stereocenters. The quantitative estimate of drug-likeness (QED) is 0.163. The van der Waals surface area contributed by atoms with E-state index in [0.717, 1.165) is 11.4 Å². The summed E-state index contributed by atoms with van der Waals surface area (Å²) in [5.41, 5.74) is 20.3. The van der Waals surface area contributed by atoms with E-state index in [0.29, 0.717) is 5.92 Å². The molecule has 1 fully saturated rings. The van der Waals surface area contributed by atoms with E-state index >= 15 is 0 Å². The monoisotopic (exact) mass is 767 g/mol. The van der Waals surface area contributed by atoms with Gasteiger partial charge >= 0.3 is 0 Å². The number of nitrogens with zero attached hydrogens (tertiary/aromatic N) is 1. The van der Waals surface area contributed by atoms with Gasteiger partial charge in [-0.3, -0.25) is 0 Å². The molecule has 0 N–H and O–H groups in total. The Balaban J connectivity index is 1.03. The maximum atomic E-state index is 2.51. The van der Waals surface area contributed by atoms with Crippen LogP contribution in [0, 0.1) is 0 Å². The molecule has 0 amide bonds. The molecule has 0 radical (unpaired) electrons. The summed E-state index contributed by atoms with van der Waals surface area (Å²) in [7, 11) is 0. The third-order valence-corrected chi connectivity index (χ3v) is 13.9. The van der Waals surface area contributed by atoms with Gasteiger partial charge in [0.1, 0.15) is 0 Å². The average Bonchev–Trinajstić information content (AvgIpc) is 3.79. The molecule has 9 aromatic carbocycles. The minimum atomic E-state index is -0.402. The van der Waals surface area contributed by atoms with Crippen LogP contribution in [0.4, 0.5) is 17.1 Å². The van der Waals surface area contributed by atoms with Crippen LogP contribution in [0.3, 0.4) is 0 Å². The molecule has 0 aromatic heterocycles. The Labute approximate surface area is 353 Å².